The molecule has 1 aliphatic rings. The van der Waals surface area contributed by atoms with Crippen molar-refractivity contribution in [1.82, 2.24) is 0 Å². The van der Waals surface area contributed by atoms with Crippen LogP contribution in [0.4, 0.5) is 15.5 Å². The number of amides is 2. The molecule has 5 heteroatoms. The van der Waals surface area contributed by atoms with Gasteiger partial charge in [0.25, 0.3) is 0 Å². The first-order valence-corrected chi connectivity index (χ1v) is 9.57. The molecule has 4 nitrogen and oxygen atoms in total. The highest BCUT2D eigenvalue weighted by atomic mass is 32.1. The first-order chi connectivity index (χ1) is 12.7. The molecule has 2 N–H and O–H groups in total. The summed E-state index contributed by atoms with van der Waals surface area (Å²) in [5, 5.41) is 18.1. The van der Waals surface area contributed by atoms with Crippen molar-refractivity contribution in [2.24, 2.45) is 5.92 Å². The lowest BCUT2D eigenvalue weighted by molar-refractivity contribution is 0.262. The maximum absolute atomic E-state index is 12.5. The van der Waals surface area contributed by atoms with E-state index in [0.29, 0.717) is 16.5 Å². The Kier molecular flexibility index (Phi) is 4.36. The number of carbonyl (C=O) groups is 1. The molecule has 1 aromatic heterocycles. The molecule has 2 amide bonds. The van der Waals surface area contributed by atoms with E-state index in [1.807, 2.05) is 42.5 Å². The fourth-order valence-corrected chi connectivity index (χ4v) is 4.90. The van der Waals surface area contributed by atoms with E-state index in [2.05, 4.69) is 23.6 Å². The van der Waals surface area contributed by atoms with Crippen molar-refractivity contribution in [2.75, 3.05) is 10.6 Å². The number of hydrogen-bond donors (Lipinski definition) is 2. The van der Waals surface area contributed by atoms with Crippen molar-refractivity contribution >= 4 is 38.8 Å². The van der Waals surface area contributed by atoms with Crippen LogP contribution in [0.5, 0.6) is 0 Å². The standard InChI is InChI=1S/C21H19N3OS/c1-13-9-10-16-17(12-22)20(26-19(16)11-13)24-21(25)23-18-8-4-6-14-5-2-3-7-15(14)18/h2-8,13H,9-11H2,1H3,(H2,23,24,25)/t13-/m0/s1. The third kappa shape index (κ3) is 3.04. The first-order valence-electron chi connectivity index (χ1n) is 8.76. The summed E-state index contributed by atoms with van der Waals surface area (Å²) in [6.45, 7) is 2.23. The van der Waals surface area contributed by atoms with Gasteiger partial charge >= 0.3 is 6.03 Å². The Morgan fingerprint density at radius 1 is 1.19 bits per heavy atom. The smallest absolute Gasteiger partial charge is 0.307 e. The van der Waals surface area contributed by atoms with E-state index >= 15 is 0 Å². The summed E-state index contributed by atoms with van der Waals surface area (Å²) in [4.78, 5) is 13.8. The number of thiophene rings is 1. The van der Waals surface area contributed by atoms with Gasteiger partial charge in [0.15, 0.2) is 0 Å². The third-order valence-corrected chi connectivity index (χ3v) is 6.06. The van der Waals surface area contributed by atoms with Crippen LogP contribution in [-0.2, 0) is 12.8 Å². The Hall–Kier alpha value is -2.84. The number of nitriles is 1. The van der Waals surface area contributed by atoms with E-state index < -0.39 is 0 Å². The summed E-state index contributed by atoms with van der Waals surface area (Å²) in [5.41, 5.74) is 2.51. The van der Waals surface area contributed by atoms with Crippen LogP contribution in [0.2, 0.25) is 0 Å². The molecule has 4 rings (SSSR count). The molecule has 1 heterocycles. The maximum Gasteiger partial charge on any atom is 0.324 e. The molecule has 0 unspecified atom stereocenters. The van der Waals surface area contributed by atoms with Crippen LogP contribution in [-0.4, -0.2) is 6.03 Å². The lowest BCUT2D eigenvalue weighted by atomic mass is 9.89. The second-order valence-electron chi connectivity index (χ2n) is 6.77. The number of benzene rings is 2. The third-order valence-electron chi connectivity index (χ3n) is 4.89. The Labute approximate surface area is 156 Å². The SMILES string of the molecule is C[C@H]1CCc2c(sc(NC(=O)Nc3cccc4ccccc34)c2C#N)C1. The zero-order valence-corrected chi connectivity index (χ0v) is 15.3. The molecule has 0 aliphatic heterocycles. The van der Waals surface area contributed by atoms with Crippen LogP contribution in [0, 0.1) is 17.2 Å². The van der Waals surface area contributed by atoms with Gasteiger partial charge in [0, 0.05) is 10.3 Å². The van der Waals surface area contributed by atoms with Gasteiger partial charge in [-0.2, -0.15) is 5.26 Å². The number of fused-ring (bicyclic) bond motifs is 2. The zero-order chi connectivity index (χ0) is 18.1. The summed E-state index contributed by atoms with van der Waals surface area (Å²) < 4.78 is 0. The molecule has 130 valence electrons. The minimum atomic E-state index is -0.315. The van der Waals surface area contributed by atoms with E-state index in [9.17, 15) is 10.1 Å². The number of carbonyl (C=O) groups excluding carboxylic acids is 1. The summed E-state index contributed by atoms with van der Waals surface area (Å²) in [6, 6.07) is 15.7. The van der Waals surface area contributed by atoms with Gasteiger partial charge < -0.3 is 5.32 Å². The normalized spacial score (nSPS) is 15.9. The second-order valence-corrected chi connectivity index (χ2v) is 7.88. The van der Waals surface area contributed by atoms with Gasteiger partial charge in [0.05, 0.1) is 11.3 Å². The van der Waals surface area contributed by atoms with Crippen molar-refractivity contribution in [3.8, 4) is 6.07 Å². The monoisotopic (exact) mass is 361 g/mol. The average Bonchev–Trinajstić information content (AvgIpc) is 2.97. The fourth-order valence-electron chi connectivity index (χ4n) is 3.55. The number of nitrogens with zero attached hydrogens (tertiary/aromatic N) is 1. The maximum atomic E-state index is 12.5. The van der Waals surface area contributed by atoms with Gasteiger partial charge in [-0.15, -0.1) is 11.3 Å². The van der Waals surface area contributed by atoms with Crippen molar-refractivity contribution < 1.29 is 4.79 Å². The van der Waals surface area contributed by atoms with E-state index in [1.165, 1.54) is 16.2 Å². The van der Waals surface area contributed by atoms with Crippen molar-refractivity contribution in [2.45, 2.75) is 26.2 Å². The van der Waals surface area contributed by atoms with E-state index in [-0.39, 0.29) is 6.03 Å². The van der Waals surface area contributed by atoms with Crippen LogP contribution in [0.3, 0.4) is 0 Å². The molecule has 2 aromatic carbocycles. The molecule has 0 fully saturated rings. The van der Waals surface area contributed by atoms with Gasteiger partial charge in [-0.25, -0.2) is 4.79 Å². The minimum Gasteiger partial charge on any atom is -0.307 e. The largest absolute Gasteiger partial charge is 0.324 e. The van der Waals surface area contributed by atoms with Crippen LogP contribution in [0.1, 0.15) is 29.3 Å². The lowest BCUT2D eigenvalue weighted by Gasteiger charge is -2.17. The minimum absolute atomic E-state index is 0.315. The Morgan fingerprint density at radius 3 is 2.85 bits per heavy atom. The summed E-state index contributed by atoms with van der Waals surface area (Å²) in [7, 11) is 0. The molecule has 0 saturated carbocycles. The van der Waals surface area contributed by atoms with Crippen molar-refractivity contribution in [3.05, 3.63) is 58.5 Å². The van der Waals surface area contributed by atoms with Gasteiger partial charge in [0.1, 0.15) is 11.1 Å². The summed E-state index contributed by atoms with van der Waals surface area (Å²) in [5.74, 6) is 0.630. The number of rotatable bonds is 2. The molecule has 0 spiro atoms. The Morgan fingerprint density at radius 2 is 2.00 bits per heavy atom. The van der Waals surface area contributed by atoms with E-state index in [0.717, 1.165) is 41.3 Å². The van der Waals surface area contributed by atoms with Crippen LogP contribution < -0.4 is 10.6 Å². The molecule has 3 aromatic rings. The summed E-state index contributed by atoms with van der Waals surface area (Å²) >= 11 is 1.54. The van der Waals surface area contributed by atoms with E-state index in [4.69, 9.17) is 0 Å². The Balaban J connectivity index is 1.58. The Bertz CT molecular complexity index is 1030. The summed E-state index contributed by atoms with van der Waals surface area (Å²) in [6.07, 6.45) is 3.00. The van der Waals surface area contributed by atoms with Crippen LogP contribution in [0.25, 0.3) is 10.8 Å². The molecule has 26 heavy (non-hydrogen) atoms. The zero-order valence-electron chi connectivity index (χ0n) is 14.5. The first kappa shape index (κ1) is 16.6. The second kappa shape index (κ2) is 6.81. The number of anilines is 2. The molecule has 0 saturated heterocycles. The van der Waals surface area contributed by atoms with Gasteiger partial charge in [-0.3, -0.25) is 5.32 Å². The highest BCUT2D eigenvalue weighted by Crippen LogP contribution is 2.39. The van der Waals surface area contributed by atoms with Crippen LogP contribution >= 0.6 is 11.3 Å². The van der Waals surface area contributed by atoms with Crippen molar-refractivity contribution in [3.63, 3.8) is 0 Å². The average molecular weight is 361 g/mol. The fraction of sp³-hybridized carbons (Fsp3) is 0.238. The lowest BCUT2D eigenvalue weighted by Crippen LogP contribution is -2.19. The predicted molar refractivity (Wildman–Crippen MR) is 107 cm³/mol. The molecule has 1 atom stereocenters. The molecular formula is C21H19N3OS. The van der Waals surface area contributed by atoms with Crippen molar-refractivity contribution in [1.29, 1.82) is 5.26 Å². The quantitative estimate of drug-likeness (QED) is 0.629. The molecule has 0 bridgehead atoms. The predicted octanol–water partition coefficient (Wildman–Crippen LogP) is 5.54. The molecule has 0 radical (unpaired) electrons. The number of nitrogens with one attached hydrogen (secondary N) is 2. The highest BCUT2D eigenvalue weighted by Gasteiger charge is 2.24. The number of urea groups is 1. The van der Waals surface area contributed by atoms with Gasteiger partial charge in [-0.05, 0) is 42.2 Å². The van der Waals surface area contributed by atoms with Gasteiger partial charge in [-0.1, -0.05) is 43.3 Å². The topological polar surface area (TPSA) is 64.9 Å². The van der Waals surface area contributed by atoms with Gasteiger partial charge in [0.2, 0.25) is 0 Å². The molecule has 1 aliphatic carbocycles. The highest BCUT2D eigenvalue weighted by molar-refractivity contribution is 7.16. The number of hydrogen-bond acceptors (Lipinski definition) is 3. The van der Waals surface area contributed by atoms with Crippen LogP contribution in [0.15, 0.2) is 42.5 Å². The molecular weight excluding hydrogens is 342 g/mol. The van der Waals surface area contributed by atoms with E-state index in [1.54, 1.807) is 0 Å².